The summed E-state index contributed by atoms with van der Waals surface area (Å²) in [5.74, 6) is -1.73. The third kappa shape index (κ3) is 5.13. The highest BCUT2D eigenvalue weighted by Gasteiger charge is 2.35. The van der Waals surface area contributed by atoms with Gasteiger partial charge in [0.25, 0.3) is 0 Å². The Morgan fingerprint density at radius 1 is 1.23 bits per heavy atom. The Morgan fingerprint density at radius 2 is 2.00 bits per heavy atom. The summed E-state index contributed by atoms with van der Waals surface area (Å²) in [5, 5.41) is 12.2. The summed E-state index contributed by atoms with van der Waals surface area (Å²) in [7, 11) is 0. The van der Waals surface area contributed by atoms with Gasteiger partial charge in [-0.25, -0.2) is 9.79 Å². The Bertz CT molecular complexity index is 1040. The molecule has 30 heavy (non-hydrogen) atoms. The maximum Gasteiger partial charge on any atom is 0.335 e. The van der Waals surface area contributed by atoms with E-state index in [1.54, 1.807) is 24.3 Å². The van der Waals surface area contributed by atoms with Crippen molar-refractivity contribution in [2.45, 2.75) is 18.6 Å². The first-order valence-electron chi connectivity index (χ1n) is 8.93. The molecule has 1 saturated heterocycles. The molecule has 1 heterocycles. The van der Waals surface area contributed by atoms with Crippen molar-refractivity contribution in [2.24, 2.45) is 4.99 Å². The summed E-state index contributed by atoms with van der Waals surface area (Å²) in [4.78, 5) is 42.4. The number of rotatable bonds is 5. The summed E-state index contributed by atoms with van der Waals surface area (Å²) in [6.07, 6.45) is 0.00333. The molecule has 2 aromatic carbocycles. The molecule has 1 aliphatic rings. The van der Waals surface area contributed by atoms with Gasteiger partial charge in [-0.15, -0.1) is 0 Å². The van der Waals surface area contributed by atoms with Crippen molar-refractivity contribution in [1.82, 2.24) is 4.90 Å². The van der Waals surface area contributed by atoms with Crippen molar-refractivity contribution in [3.63, 3.8) is 0 Å². The van der Waals surface area contributed by atoms with Gasteiger partial charge in [0, 0.05) is 18.7 Å². The average molecular weight is 466 g/mol. The van der Waals surface area contributed by atoms with Gasteiger partial charge in [0.1, 0.15) is 5.25 Å². The van der Waals surface area contributed by atoms with Crippen LogP contribution in [0.4, 0.5) is 11.4 Å². The molecule has 2 aromatic rings. The number of anilines is 1. The molecule has 0 aliphatic carbocycles. The number of carbonyl (C=O) groups excluding carboxylic acids is 2. The molecule has 1 atom stereocenters. The van der Waals surface area contributed by atoms with Crippen molar-refractivity contribution in [3.05, 3.63) is 58.1 Å². The molecule has 1 aliphatic heterocycles. The van der Waals surface area contributed by atoms with Crippen LogP contribution in [0.2, 0.25) is 10.0 Å². The molecule has 7 nitrogen and oxygen atoms in total. The lowest BCUT2D eigenvalue weighted by Gasteiger charge is -2.31. The lowest BCUT2D eigenvalue weighted by atomic mass is 10.2. The highest BCUT2D eigenvalue weighted by molar-refractivity contribution is 8.15. The van der Waals surface area contributed by atoms with Crippen molar-refractivity contribution < 1.29 is 19.5 Å². The molecule has 0 unspecified atom stereocenters. The summed E-state index contributed by atoms with van der Waals surface area (Å²) in [6.45, 7) is 2.22. The number of thioether (sulfide) groups is 1. The SMILES string of the molecule is CCN1C(=O)C[C@@H](C(=O)Nc2cccc(C(=O)O)c2)SC1=Nc1ccc(Cl)c(Cl)c1. The predicted octanol–water partition coefficient (Wildman–Crippen LogP) is 4.67. The summed E-state index contributed by atoms with van der Waals surface area (Å²) in [5.41, 5.74) is 0.904. The number of hydrogen-bond acceptors (Lipinski definition) is 5. The summed E-state index contributed by atoms with van der Waals surface area (Å²) < 4.78 is 0. The zero-order valence-electron chi connectivity index (χ0n) is 15.8. The second kappa shape index (κ2) is 9.51. The molecule has 0 spiro atoms. The number of aromatic carboxylic acids is 1. The van der Waals surface area contributed by atoms with Crippen LogP contribution in [0, 0.1) is 0 Å². The van der Waals surface area contributed by atoms with Crippen LogP contribution in [0.5, 0.6) is 0 Å². The highest BCUT2D eigenvalue weighted by atomic mass is 35.5. The lowest BCUT2D eigenvalue weighted by Crippen LogP contribution is -2.45. The maximum atomic E-state index is 12.7. The second-order valence-corrected chi connectivity index (χ2v) is 8.30. The summed E-state index contributed by atoms with van der Waals surface area (Å²) in [6, 6.07) is 10.8. The number of aliphatic imine (C=N–C) groups is 1. The van der Waals surface area contributed by atoms with E-state index in [4.69, 9.17) is 28.3 Å². The standard InChI is InChI=1S/C20H17Cl2N3O4S/c1-2-25-17(26)10-16(18(27)23-12-5-3-4-11(8-12)19(28)29)30-20(25)24-13-6-7-14(21)15(22)9-13/h3-9,16H,2,10H2,1H3,(H,23,27)(H,28,29)/t16-/m0/s1. The quantitative estimate of drug-likeness (QED) is 0.667. The van der Waals surface area contributed by atoms with Crippen LogP contribution in [0.25, 0.3) is 0 Å². The number of carbonyl (C=O) groups is 3. The van der Waals surface area contributed by atoms with E-state index in [2.05, 4.69) is 10.3 Å². The number of halogens is 2. The van der Waals surface area contributed by atoms with Gasteiger partial charge in [0.2, 0.25) is 11.8 Å². The molecule has 3 rings (SSSR count). The number of benzene rings is 2. The zero-order valence-corrected chi connectivity index (χ0v) is 18.1. The Balaban J connectivity index is 1.82. The number of carboxylic acids is 1. The van der Waals surface area contributed by atoms with Crippen molar-refractivity contribution in [2.75, 3.05) is 11.9 Å². The van der Waals surface area contributed by atoms with Gasteiger partial charge in [-0.1, -0.05) is 41.0 Å². The van der Waals surface area contributed by atoms with Crippen LogP contribution in [0.3, 0.4) is 0 Å². The molecule has 2 N–H and O–H groups in total. The van der Waals surface area contributed by atoms with Crippen LogP contribution in [0.1, 0.15) is 23.7 Å². The second-order valence-electron chi connectivity index (χ2n) is 6.32. The van der Waals surface area contributed by atoms with Gasteiger partial charge in [0.05, 0.1) is 21.3 Å². The van der Waals surface area contributed by atoms with Crippen molar-refractivity contribution in [1.29, 1.82) is 0 Å². The molecule has 156 valence electrons. The first kappa shape index (κ1) is 22.1. The Hall–Kier alpha value is -2.55. The number of amidine groups is 1. The topological polar surface area (TPSA) is 99.1 Å². The minimum atomic E-state index is -1.09. The molecule has 0 aromatic heterocycles. The van der Waals surface area contributed by atoms with Gasteiger partial charge >= 0.3 is 5.97 Å². The first-order valence-corrected chi connectivity index (χ1v) is 10.6. The fourth-order valence-corrected chi connectivity index (χ4v) is 4.23. The normalized spacial score (nSPS) is 17.8. The smallest absolute Gasteiger partial charge is 0.335 e. The molecule has 0 saturated carbocycles. The number of nitrogens with zero attached hydrogens (tertiary/aromatic N) is 2. The largest absolute Gasteiger partial charge is 0.478 e. The molecule has 2 amide bonds. The number of nitrogens with one attached hydrogen (secondary N) is 1. The van der Waals surface area contributed by atoms with E-state index in [1.165, 1.54) is 23.1 Å². The highest BCUT2D eigenvalue weighted by Crippen LogP contribution is 2.32. The third-order valence-corrected chi connectivity index (χ3v) is 6.18. The van der Waals surface area contributed by atoms with Gasteiger partial charge in [-0.3, -0.25) is 14.5 Å². The van der Waals surface area contributed by atoms with E-state index in [1.807, 2.05) is 6.92 Å². The number of carboxylic acid groups (broad SMARTS) is 1. The fourth-order valence-electron chi connectivity index (χ4n) is 2.77. The first-order chi connectivity index (χ1) is 14.3. The molecular formula is C20H17Cl2N3O4S. The minimum absolute atomic E-state index is 0.00333. The molecule has 0 bridgehead atoms. The predicted molar refractivity (Wildman–Crippen MR) is 119 cm³/mol. The minimum Gasteiger partial charge on any atom is -0.478 e. The summed E-state index contributed by atoms with van der Waals surface area (Å²) >= 11 is 13.1. The van der Waals surface area contributed by atoms with Crippen LogP contribution in [-0.2, 0) is 9.59 Å². The van der Waals surface area contributed by atoms with Crippen LogP contribution in [0.15, 0.2) is 47.5 Å². The fraction of sp³-hybridized carbons (Fsp3) is 0.200. The maximum absolute atomic E-state index is 12.7. The van der Waals surface area contributed by atoms with Gasteiger partial charge < -0.3 is 10.4 Å². The molecule has 0 radical (unpaired) electrons. The van der Waals surface area contributed by atoms with Gasteiger partial charge in [-0.2, -0.15) is 0 Å². The zero-order chi connectivity index (χ0) is 21.8. The average Bonchev–Trinajstić information content (AvgIpc) is 2.70. The monoisotopic (exact) mass is 465 g/mol. The molecular weight excluding hydrogens is 449 g/mol. The van der Waals surface area contributed by atoms with Crippen LogP contribution >= 0.6 is 35.0 Å². The van der Waals surface area contributed by atoms with E-state index in [0.717, 1.165) is 11.8 Å². The number of hydrogen-bond donors (Lipinski definition) is 2. The van der Waals surface area contributed by atoms with E-state index >= 15 is 0 Å². The van der Waals surface area contributed by atoms with Crippen LogP contribution in [-0.4, -0.2) is 44.8 Å². The van der Waals surface area contributed by atoms with Gasteiger partial charge in [0.15, 0.2) is 5.17 Å². The molecule has 10 heteroatoms. The van der Waals surface area contributed by atoms with E-state index < -0.39 is 17.1 Å². The third-order valence-electron chi connectivity index (χ3n) is 4.25. The Morgan fingerprint density at radius 3 is 2.67 bits per heavy atom. The van der Waals surface area contributed by atoms with E-state index in [-0.39, 0.29) is 17.9 Å². The molecule has 1 fully saturated rings. The number of amides is 2. The van der Waals surface area contributed by atoms with Crippen molar-refractivity contribution in [3.8, 4) is 0 Å². The van der Waals surface area contributed by atoms with Crippen molar-refractivity contribution >= 4 is 69.3 Å². The Kier molecular flexibility index (Phi) is 7.02. The lowest BCUT2D eigenvalue weighted by molar-refractivity contribution is -0.129. The van der Waals surface area contributed by atoms with Gasteiger partial charge in [-0.05, 0) is 43.3 Å². The van der Waals surface area contributed by atoms with E-state index in [0.29, 0.717) is 33.1 Å². The van der Waals surface area contributed by atoms with Crippen LogP contribution < -0.4 is 5.32 Å². The Labute approximate surface area is 187 Å². The van der Waals surface area contributed by atoms with E-state index in [9.17, 15) is 14.4 Å².